The molecule has 1 unspecified atom stereocenters. The van der Waals surface area contributed by atoms with E-state index in [0.29, 0.717) is 46.3 Å². The molecule has 0 saturated carbocycles. The average molecular weight is 668 g/mol. The van der Waals surface area contributed by atoms with Crippen LogP contribution in [-0.4, -0.2) is 65.6 Å². The van der Waals surface area contributed by atoms with Crippen LogP contribution in [0.4, 0.5) is 13.2 Å². The van der Waals surface area contributed by atoms with Gasteiger partial charge in [0, 0.05) is 32.7 Å². The first-order chi connectivity index (χ1) is 17.9. The summed E-state index contributed by atoms with van der Waals surface area (Å²) in [5.74, 6) is 4.65. The number of carbonyl (C=O) groups is 1. The lowest BCUT2D eigenvalue weighted by atomic mass is 10.1. The highest BCUT2D eigenvalue weighted by atomic mass is 79.9. The molecule has 0 radical (unpaired) electrons. The molecule has 212 valence electrons. The number of aromatic hydroxyl groups is 1. The largest absolute Gasteiger partial charge is 0.506 e. The smallest absolute Gasteiger partial charge is 0.416 e. The minimum atomic E-state index is -4.43. The van der Waals surface area contributed by atoms with Crippen molar-refractivity contribution in [3.8, 4) is 5.75 Å². The van der Waals surface area contributed by atoms with Gasteiger partial charge in [-0.2, -0.15) is 19.1 Å². The Hall–Kier alpha value is -2.15. The van der Waals surface area contributed by atoms with Crippen molar-refractivity contribution in [3.63, 3.8) is 0 Å². The maximum atomic E-state index is 13.2. The Morgan fingerprint density at radius 3 is 2.24 bits per heavy atom. The summed E-state index contributed by atoms with van der Waals surface area (Å²) in [6.07, 6.45) is -0.492. The number of phenols is 1. The number of rotatable bonds is 7. The fraction of sp³-hybridized carbons (Fsp3) is 0.462. The summed E-state index contributed by atoms with van der Waals surface area (Å²) in [6, 6.07) is 2.85. The van der Waals surface area contributed by atoms with Gasteiger partial charge < -0.3 is 14.8 Å². The van der Waals surface area contributed by atoms with Gasteiger partial charge in [0.25, 0.3) is 5.90 Å². The van der Waals surface area contributed by atoms with Crippen LogP contribution in [0.15, 0.2) is 62.0 Å². The van der Waals surface area contributed by atoms with E-state index in [1.807, 2.05) is 18.7 Å². The number of carbonyl (C=O) groups excluding carboxylic acids is 1. The van der Waals surface area contributed by atoms with E-state index < -0.39 is 23.7 Å². The van der Waals surface area contributed by atoms with Gasteiger partial charge in [0.1, 0.15) is 5.75 Å². The number of hydrogen-bond acceptors (Lipinski definition) is 6. The monoisotopic (exact) mass is 666 g/mol. The second-order valence-corrected chi connectivity index (χ2v) is 9.83. The van der Waals surface area contributed by atoms with E-state index >= 15 is 0 Å². The van der Waals surface area contributed by atoms with Gasteiger partial charge in [-0.1, -0.05) is 39.5 Å². The number of halogens is 5. The van der Waals surface area contributed by atoms with Gasteiger partial charge in [0.15, 0.2) is 0 Å². The lowest BCUT2D eigenvalue weighted by Crippen LogP contribution is -2.51. The second-order valence-electron chi connectivity index (χ2n) is 8.12. The Morgan fingerprint density at radius 1 is 1.24 bits per heavy atom. The van der Waals surface area contributed by atoms with Crippen molar-refractivity contribution >= 4 is 43.7 Å². The van der Waals surface area contributed by atoms with Gasteiger partial charge >= 0.3 is 12.1 Å². The molecular formula is C26H35Br2F3N4O3. The lowest BCUT2D eigenvalue weighted by Gasteiger charge is -2.34. The Labute approximate surface area is 239 Å². The maximum Gasteiger partial charge on any atom is 0.416 e. The highest BCUT2D eigenvalue weighted by Crippen LogP contribution is 2.36. The van der Waals surface area contributed by atoms with Crippen molar-refractivity contribution in [1.82, 2.24) is 9.80 Å². The number of allylic oxidation sites excluding steroid dienone is 3. The third kappa shape index (κ3) is 9.87. The predicted molar refractivity (Wildman–Crippen MR) is 152 cm³/mol. The molecule has 3 N–H and O–H groups in total. The van der Waals surface area contributed by atoms with Crippen molar-refractivity contribution in [1.29, 1.82) is 0 Å². The molecule has 1 aromatic carbocycles. The first kappa shape index (κ1) is 33.9. The van der Waals surface area contributed by atoms with Crippen LogP contribution in [0.1, 0.15) is 45.7 Å². The van der Waals surface area contributed by atoms with Crippen LogP contribution in [0.5, 0.6) is 5.75 Å². The van der Waals surface area contributed by atoms with Gasteiger partial charge in [-0.25, -0.2) is 4.99 Å². The van der Waals surface area contributed by atoms with Crippen molar-refractivity contribution in [2.45, 2.75) is 46.3 Å². The van der Waals surface area contributed by atoms with Crippen molar-refractivity contribution in [3.05, 3.63) is 62.6 Å². The zero-order chi connectivity index (χ0) is 29.0. The molecule has 2 rings (SSSR count). The van der Waals surface area contributed by atoms with E-state index in [2.05, 4.69) is 43.4 Å². The number of hydrogen-bond donors (Lipinski definition) is 2. The highest BCUT2D eigenvalue weighted by Gasteiger charge is 2.32. The van der Waals surface area contributed by atoms with Gasteiger partial charge in [0.05, 0.1) is 20.6 Å². The van der Waals surface area contributed by atoms with Crippen LogP contribution in [0.25, 0.3) is 0 Å². The molecule has 0 aromatic heterocycles. The summed E-state index contributed by atoms with van der Waals surface area (Å²) in [4.78, 5) is 25.5. The molecule has 1 aliphatic heterocycles. The molecule has 12 heteroatoms. The van der Waals surface area contributed by atoms with E-state index in [0.717, 1.165) is 12.2 Å². The molecule has 1 aromatic rings. The third-order valence-corrected chi connectivity index (χ3v) is 6.76. The van der Waals surface area contributed by atoms with Crippen molar-refractivity contribution in [2.75, 3.05) is 32.7 Å². The van der Waals surface area contributed by atoms with E-state index in [-0.39, 0.29) is 24.6 Å². The normalized spacial score (nSPS) is 16.5. The van der Waals surface area contributed by atoms with Crippen LogP contribution >= 0.6 is 31.9 Å². The summed E-state index contributed by atoms with van der Waals surface area (Å²) in [5.41, 5.74) is 0.452. The van der Waals surface area contributed by atoms with Crippen LogP contribution in [-0.2, 0) is 9.63 Å². The first-order valence-corrected chi connectivity index (χ1v) is 13.7. The van der Waals surface area contributed by atoms with Gasteiger partial charge in [0.2, 0.25) is 0 Å². The van der Waals surface area contributed by atoms with Gasteiger partial charge in [-0.15, -0.1) is 0 Å². The number of phenolic OH excluding ortho intramolecular Hbond substituents is 1. The molecule has 38 heavy (non-hydrogen) atoms. The molecule has 1 fully saturated rings. The highest BCUT2D eigenvalue weighted by molar-refractivity contribution is 9.11. The zero-order valence-corrected chi connectivity index (χ0v) is 25.2. The zero-order valence-electron chi connectivity index (χ0n) is 22.0. The van der Waals surface area contributed by atoms with Crippen molar-refractivity contribution < 1.29 is 27.9 Å². The van der Waals surface area contributed by atoms with Crippen LogP contribution < -0.4 is 5.90 Å². The van der Waals surface area contributed by atoms with Gasteiger partial charge in [-0.3, -0.25) is 9.69 Å². The number of nitrogens with zero attached hydrogens (tertiary/aromatic N) is 3. The van der Waals surface area contributed by atoms with Crippen LogP contribution in [0.2, 0.25) is 0 Å². The second kappa shape index (κ2) is 16.1. The molecule has 0 bridgehead atoms. The van der Waals surface area contributed by atoms with Crippen LogP contribution in [0.3, 0.4) is 0 Å². The minimum Gasteiger partial charge on any atom is -0.506 e. The van der Waals surface area contributed by atoms with Crippen LogP contribution in [0, 0.1) is 0 Å². The molecule has 0 aliphatic carbocycles. The Kier molecular flexibility index (Phi) is 14.3. The minimum absolute atomic E-state index is 0.0460. The summed E-state index contributed by atoms with van der Waals surface area (Å²) in [5, 5.41) is 9.89. The summed E-state index contributed by atoms with van der Waals surface area (Å²) >= 11 is 6.53. The first-order valence-electron chi connectivity index (χ1n) is 12.2. The molecule has 0 spiro atoms. The Morgan fingerprint density at radius 2 is 1.79 bits per heavy atom. The van der Waals surface area contributed by atoms with Gasteiger partial charge in [-0.05, 0) is 74.5 Å². The number of piperazine rings is 1. The number of alkyl halides is 3. The number of benzene rings is 1. The molecular weight excluding hydrogens is 633 g/mol. The summed E-state index contributed by atoms with van der Waals surface area (Å²) < 4.78 is 40.6. The van der Waals surface area contributed by atoms with Crippen molar-refractivity contribution in [2.24, 2.45) is 10.9 Å². The molecule has 7 nitrogen and oxygen atoms in total. The lowest BCUT2D eigenvalue weighted by molar-refractivity contribution is -0.127. The predicted octanol–water partition coefficient (Wildman–Crippen LogP) is 6.45. The SMILES string of the molecule is C=C/C(=C\C(=C/CC)C(F)(F)F)CN1CCN(C(=O)C(=NC(C)c2cc(Br)c(O)c(Br)c2)ON)CC1.CC. The molecule has 1 aliphatic rings. The quantitative estimate of drug-likeness (QED) is 0.151. The average Bonchev–Trinajstić information content (AvgIpc) is 2.89. The fourth-order valence-corrected chi connectivity index (χ4v) is 4.78. The summed E-state index contributed by atoms with van der Waals surface area (Å²) in [7, 11) is 0. The third-order valence-electron chi connectivity index (χ3n) is 5.55. The Balaban J connectivity index is 0.00000352. The standard InChI is InChI=1S/C24H29Br2F3N4O3.C2H6/c1-4-6-18(24(27,28)29)11-16(5-2)14-32-7-9-33(10-8-32)23(35)22(36-30)31-15(3)17-12-19(25)21(34)20(26)13-17;1-2/h5-6,11-13,15,34H,2,4,7-10,14,30H2,1,3H3;1-2H3/b16-11+,18-6+,31-22?;. The summed E-state index contributed by atoms with van der Waals surface area (Å²) in [6.45, 7) is 12.9. The van der Waals surface area contributed by atoms with E-state index in [9.17, 15) is 23.1 Å². The fourth-order valence-electron chi connectivity index (χ4n) is 3.56. The molecule has 1 amide bonds. The van der Waals surface area contributed by atoms with E-state index in [1.54, 1.807) is 26.0 Å². The Bertz CT molecular complexity index is 1030. The topological polar surface area (TPSA) is 91.4 Å². The number of aliphatic imine (C=N–C) groups is 1. The van der Waals surface area contributed by atoms with E-state index in [1.165, 1.54) is 11.0 Å². The molecule has 1 heterocycles. The molecule has 1 saturated heterocycles. The number of nitrogens with two attached hydrogens (primary N) is 1. The maximum absolute atomic E-state index is 13.2. The number of amides is 1. The van der Waals surface area contributed by atoms with E-state index in [4.69, 9.17) is 10.7 Å². The molecule has 1 atom stereocenters.